The Morgan fingerprint density at radius 1 is 1.29 bits per heavy atom. The minimum atomic E-state index is -0.0136. The molecule has 0 fully saturated rings. The Morgan fingerprint density at radius 3 is 2.67 bits per heavy atom. The topological polar surface area (TPSA) is 53.4 Å². The highest BCUT2D eigenvalue weighted by atomic mass is 16.5. The van der Waals surface area contributed by atoms with Crippen molar-refractivity contribution >= 4 is 5.78 Å². The number of carbonyl (C=O) groups is 1. The summed E-state index contributed by atoms with van der Waals surface area (Å²) < 4.78 is 12.4. The van der Waals surface area contributed by atoms with Gasteiger partial charge in [0.25, 0.3) is 0 Å². The molecule has 21 heavy (non-hydrogen) atoms. The van der Waals surface area contributed by atoms with Crippen molar-refractivity contribution in [3.05, 3.63) is 41.2 Å². The molecular formula is C16H20N2O3. The quantitative estimate of drug-likeness (QED) is 0.767. The standard InChI is InChI=1S/C16H20N2O3/c1-5-18-12(9-11(2)17-18)10-14(19)13-7-6-8-15(20-3)16(13)21-4/h6-9H,5,10H2,1-4H3. The molecule has 112 valence electrons. The number of ether oxygens (including phenoxy) is 2. The van der Waals surface area contributed by atoms with Crippen molar-refractivity contribution in [3.8, 4) is 11.5 Å². The maximum absolute atomic E-state index is 12.6. The van der Waals surface area contributed by atoms with Gasteiger partial charge in [0.15, 0.2) is 17.3 Å². The zero-order valence-electron chi connectivity index (χ0n) is 12.8. The highest BCUT2D eigenvalue weighted by molar-refractivity contribution is 6.00. The predicted octanol–water partition coefficient (Wildman–Crippen LogP) is 2.65. The first-order chi connectivity index (χ1) is 10.1. The molecule has 0 saturated carbocycles. The van der Waals surface area contributed by atoms with Gasteiger partial charge < -0.3 is 9.47 Å². The molecule has 0 N–H and O–H groups in total. The van der Waals surface area contributed by atoms with E-state index in [1.54, 1.807) is 25.3 Å². The fourth-order valence-electron chi connectivity index (χ4n) is 2.38. The van der Waals surface area contributed by atoms with E-state index in [2.05, 4.69) is 5.10 Å². The average molecular weight is 288 g/mol. The van der Waals surface area contributed by atoms with Crippen LogP contribution in [-0.2, 0) is 13.0 Å². The van der Waals surface area contributed by atoms with E-state index < -0.39 is 0 Å². The summed E-state index contributed by atoms with van der Waals surface area (Å²) in [5.74, 6) is 1.02. The van der Waals surface area contributed by atoms with Crippen molar-refractivity contribution < 1.29 is 14.3 Å². The van der Waals surface area contributed by atoms with Crippen LogP contribution < -0.4 is 9.47 Å². The Bertz CT molecular complexity index is 647. The van der Waals surface area contributed by atoms with E-state index in [4.69, 9.17) is 9.47 Å². The van der Waals surface area contributed by atoms with Crippen molar-refractivity contribution in [2.45, 2.75) is 26.8 Å². The van der Waals surface area contributed by atoms with E-state index in [-0.39, 0.29) is 12.2 Å². The van der Waals surface area contributed by atoms with Crippen molar-refractivity contribution in [2.24, 2.45) is 0 Å². The molecule has 0 radical (unpaired) electrons. The minimum Gasteiger partial charge on any atom is -0.493 e. The van der Waals surface area contributed by atoms with Crippen LogP contribution in [-0.4, -0.2) is 29.8 Å². The van der Waals surface area contributed by atoms with E-state index in [1.807, 2.05) is 24.6 Å². The summed E-state index contributed by atoms with van der Waals surface area (Å²) in [5, 5.41) is 4.36. The number of ketones is 1. The highest BCUT2D eigenvalue weighted by Gasteiger charge is 2.18. The second kappa shape index (κ2) is 6.43. The Morgan fingerprint density at radius 2 is 2.05 bits per heavy atom. The molecule has 1 aromatic carbocycles. The molecule has 0 bridgehead atoms. The monoisotopic (exact) mass is 288 g/mol. The van der Waals surface area contributed by atoms with Gasteiger partial charge in [0.2, 0.25) is 0 Å². The number of benzene rings is 1. The van der Waals surface area contributed by atoms with Gasteiger partial charge in [0, 0.05) is 12.2 Å². The number of aromatic nitrogens is 2. The number of para-hydroxylation sites is 1. The molecule has 1 heterocycles. The van der Waals surface area contributed by atoms with Gasteiger partial charge in [-0.1, -0.05) is 6.07 Å². The van der Waals surface area contributed by atoms with Crippen molar-refractivity contribution in [1.29, 1.82) is 0 Å². The van der Waals surface area contributed by atoms with Gasteiger partial charge in [0.1, 0.15) is 0 Å². The zero-order chi connectivity index (χ0) is 15.4. The largest absolute Gasteiger partial charge is 0.493 e. The van der Waals surface area contributed by atoms with Gasteiger partial charge in [-0.3, -0.25) is 9.48 Å². The molecule has 0 aliphatic heterocycles. The molecule has 0 atom stereocenters. The number of hydrogen-bond acceptors (Lipinski definition) is 4. The average Bonchev–Trinajstić information content (AvgIpc) is 2.85. The second-order valence-electron chi connectivity index (χ2n) is 4.73. The van der Waals surface area contributed by atoms with Crippen molar-refractivity contribution in [2.75, 3.05) is 14.2 Å². The lowest BCUT2D eigenvalue weighted by Gasteiger charge is -2.12. The van der Waals surface area contributed by atoms with Crippen LogP contribution in [0, 0.1) is 6.92 Å². The van der Waals surface area contributed by atoms with E-state index in [0.717, 1.165) is 17.9 Å². The summed E-state index contributed by atoms with van der Waals surface area (Å²) in [7, 11) is 3.09. The molecule has 0 amide bonds. The minimum absolute atomic E-state index is 0.0136. The maximum atomic E-state index is 12.6. The Hall–Kier alpha value is -2.30. The number of carbonyl (C=O) groups excluding carboxylic acids is 1. The van der Waals surface area contributed by atoms with Crippen LogP contribution in [0.1, 0.15) is 28.7 Å². The Labute approximate surface area is 124 Å². The van der Waals surface area contributed by atoms with Gasteiger partial charge in [-0.05, 0) is 32.0 Å². The maximum Gasteiger partial charge on any atom is 0.172 e. The van der Waals surface area contributed by atoms with Gasteiger partial charge in [-0.25, -0.2) is 0 Å². The first-order valence-electron chi connectivity index (χ1n) is 6.88. The fraction of sp³-hybridized carbons (Fsp3) is 0.375. The summed E-state index contributed by atoms with van der Waals surface area (Å²) in [6, 6.07) is 7.25. The molecule has 1 aromatic heterocycles. The number of nitrogens with zero attached hydrogens (tertiary/aromatic N) is 2. The van der Waals surface area contributed by atoms with Gasteiger partial charge in [-0.15, -0.1) is 0 Å². The lowest BCUT2D eigenvalue weighted by Crippen LogP contribution is -2.11. The van der Waals surface area contributed by atoms with E-state index in [1.165, 1.54) is 7.11 Å². The van der Waals surface area contributed by atoms with E-state index >= 15 is 0 Å². The van der Waals surface area contributed by atoms with Crippen LogP contribution >= 0.6 is 0 Å². The van der Waals surface area contributed by atoms with Crippen molar-refractivity contribution in [3.63, 3.8) is 0 Å². The predicted molar refractivity (Wildman–Crippen MR) is 80.2 cm³/mol. The molecule has 2 rings (SSSR count). The molecule has 0 saturated heterocycles. The van der Waals surface area contributed by atoms with Crippen LogP contribution in [0.15, 0.2) is 24.3 Å². The lowest BCUT2D eigenvalue weighted by molar-refractivity contribution is 0.0987. The second-order valence-corrected chi connectivity index (χ2v) is 4.73. The summed E-state index contributed by atoms with van der Waals surface area (Å²) in [6.07, 6.45) is 0.290. The van der Waals surface area contributed by atoms with Crippen LogP contribution in [0.2, 0.25) is 0 Å². The number of Topliss-reactive ketones (excluding diaryl/α,β-unsaturated/α-hetero) is 1. The zero-order valence-corrected chi connectivity index (χ0v) is 12.8. The van der Waals surface area contributed by atoms with Crippen LogP contribution in [0.5, 0.6) is 11.5 Å². The SMILES string of the molecule is CCn1nc(C)cc1CC(=O)c1cccc(OC)c1OC. The first-order valence-corrected chi connectivity index (χ1v) is 6.88. The third kappa shape index (κ3) is 3.07. The first kappa shape index (κ1) is 15.1. The molecule has 0 aliphatic carbocycles. The molecule has 0 spiro atoms. The van der Waals surface area contributed by atoms with Crippen molar-refractivity contribution in [1.82, 2.24) is 9.78 Å². The molecular weight excluding hydrogens is 268 g/mol. The molecule has 5 nitrogen and oxygen atoms in total. The number of methoxy groups -OCH3 is 2. The van der Waals surface area contributed by atoms with Gasteiger partial charge in [0.05, 0.1) is 31.9 Å². The highest BCUT2D eigenvalue weighted by Crippen LogP contribution is 2.31. The fourth-order valence-corrected chi connectivity index (χ4v) is 2.38. The number of aryl methyl sites for hydroxylation is 2. The third-order valence-electron chi connectivity index (χ3n) is 3.33. The molecule has 0 aliphatic rings. The van der Waals surface area contributed by atoms with Gasteiger partial charge in [-0.2, -0.15) is 5.10 Å². The van der Waals surface area contributed by atoms with Crippen LogP contribution in [0.25, 0.3) is 0 Å². The molecule has 2 aromatic rings. The Kier molecular flexibility index (Phi) is 4.62. The Balaban J connectivity index is 2.32. The van der Waals surface area contributed by atoms with E-state index in [9.17, 15) is 4.79 Å². The normalized spacial score (nSPS) is 10.5. The molecule has 0 unspecified atom stereocenters. The summed E-state index contributed by atoms with van der Waals surface area (Å²) in [4.78, 5) is 12.6. The van der Waals surface area contributed by atoms with E-state index in [0.29, 0.717) is 17.1 Å². The lowest BCUT2D eigenvalue weighted by atomic mass is 10.0. The number of hydrogen-bond donors (Lipinski definition) is 0. The van der Waals surface area contributed by atoms with Gasteiger partial charge >= 0.3 is 0 Å². The summed E-state index contributed by atoms with van der Waals surface area (Å²) >= 11 is 0. The van der Waals surface area contributed by atoms with Crippen LogP contribution in [0.3, 0.4) is 0 Å². The molecule has 5 heteroatoms. The van der Waals surface area contributed by atoms with Crippen LogP contribution in [0.4, 0.5) is 0 Å². The summed E-state index contributed by atoms with van der Waals surface area (Å²) in [6.45, 7) is 4.67. The third-order valence-corrected chi connectivity index (χ3v) is 3.33. The number of rotatable bonds is 6. The smallest absolute Gasteiger partial charge is 0.172 e. The summed E-state index contributed by atoms with van der Waals surface area (Å²) in [5.41, 5.74) is 2.35.